The largest absolute Gasteiger partial charge is 0.507 e. The van der Waals surface area contributed by atoms with Gasteiger partial charge in [-0.2, -0.15) is 0 Å². The number of aliphatic hydroxyl groups excluding tert-OH is 10. The van der Waals surface area contributed by atoms with Crippen molar-refractivity contribution in [1.29, 1.82) is 0 Å². The number of carboxylic acids is 2. The fraction of sp³-hybridized carbons (Fsp3) is 0.395. The first kappa shape index (κ1) is 50.4. The average Bonchev–Trinajstić information content (AvgIpc) is 3.31. The van der Waals surface area contributed by atoms with Crippen molar-refractivity contribution in [3.05, 3.63) is 76.5 Å². The molecule has 372 valence electrons. The van der Waals surface area contributed by atoms with Gasteiger partial charge in [-0.15, -0.1) is 0 Å². The lowest BCUT2D eigenvalue weighted by molar-refractivity contribution is -0.319. The highest BCUT2D eigenvalue weighted by molar-refractivity contribution is 6.00. The van der Waals surface area contributed by atoms with Crippen LogP contribution in [0.4, 0.5) is 0 Å². The molecule has 26 nitrogen and oxygen atoms in total. The normalized spacial score (nSPS) is 32.6. The third kappa shape index (κ3) is 9.61. The number of rotatable bonds is 14. The second-order valence-corrected chi connectivity index (χ2v) is 15.8. The van der Waals surface area contributed by atoms with E-state index in [9.17, 15) is 90.7 Å². The minimum atomic E-state index is -3.19. The summed E-state index contributed by atoms with van der Waals surface area (Å²) in [6.07, 6.45) is -28.0. The van der Waals surface area contributed by atoms with E-state index < -0.39 is 161 Å². The van der Waals surface area contributed by atoms with Crippen LogP contribution in [-0.4, -0.2) is 195 Å². The first-order chi connectivity index (χ1) is 32.6. The number of aliphatic hydroxyl groups is 10. The van der Waals surface area contributed by atoms with Crippen LogP contribution in [0.3, 0.4) is 0 Å². The number of carbonyl (C=O) groups is 3. The number of aromatic hydroxyl groups is 2. The van der Waals surface area contributed by atoms with Gasteiger partial charge in [0, 0.05) is 23.8 Å². The molecule has 0 amide bonds. The summed E-state index contributed by atoms with van der Waals surface area (Å²) in [5.74, 6) is -11.4. The summed E-state index contributed by atoms with van der Waals surface area (Å²) in [5, 5.41) is 145. The van der Waals surface area contributed by atoms with E-state index in [0.717, 1.165) is 48.6 Å². The van der Waals surface area contributed by atoms with Crippen molar-refractivity contribution in [2.45, 2.75) is 91.6 Å². The second-order valence-electron chi connectivity index (χ2n) is 15.8. The number of benzene rings is 3. The Hall–Kier alpha value is -6.50. The summed E-state index contributed by atoms with van der Waals surface area (Å²) < 4.78 is 44.5. The molecule has 3 saturated heterocycles. The first-order valence-corrected chi connectivity index (χ1v) is 20.4. The van der Waals surface area contributed by atoms with Crippen LogP contribution in [0.25, 0.3) is 28.4 Å². The van der Waals surface area contributed by atoms with Gasteiger partial charge in [0.05, 0.1) is 13.7 Å². The van der Waals surface area contributed by atoms with E-state index in [1.807, 2.05) is 0 Å². The molecule has 0 aliphatic carbocycles. The number of ether oxygens (including phenoxy) is 7. The predicted octanol–water partition coefficient (Wildman–Crippen LogP) is -3.75. The molecule has 0 radical (unpaired) electrons. The number of phenolic OH excluding ortho intramolecular Hbond substituents is 2. The standard InChI is InChI=1S/C43H44O26/c1-62-22-8-14(2-5-17(22)45)3-7-26(48)43(38(57)33(54)28(49)25(13-44)69-43)68-23-9-15(4-6-20(23)65-42-35(56)30(51)32(53)37(67-42)40(60)61)21-12-19(47)27-18(46)10-16(11-24(27)64-21)63-41-34(55)29(50)31(52)36(66-41)39(58)59/h2-12,25,28-38,41-42,44-46,49-57H,13H2,1H3,(H,58,59)(H,60,61). The molecule has 0 spiro atoms. The molecule has 0 saturated carbocycles. The highest BCUT2D eigenvalue weighted by Gasteiger charge is 2.60. The number of carboxylic acid groups (broad SMARTS) is 2. The van der Waals surface area contributed by atoms with Crippen molar-refractivity contribution in [2.24, 2.45) is 0 Å². The zero-order valence-corrected chi connectivity index (χ0v) is 35.3. The Morgan fingerprint density at radius 2 is 1.30 bits per heavy atom. The second kappa shape index (κ2) is 19.8. The molecular weight excluding hydrogens is 932 g/mol. The SMILES string of the molecule is COc1cc(C=CC(=O)C2(Oc3cc(-c4cc(=O)c5c(O)cc(OC6OC(C(=O)O)C(O)C(O)C6O)cc5o4)ccc3OC3OC(C(=O)O)C(O)C(O)C3O)OC(CO)C(O)C(O)C2O)ccc1O. The summed E-state index contributed by atoms with van der Waals surface area (Å²) in [7, 11) is 1.25. The zero-order valence-electron chi connectivity index (χ0n) is 35.3. The van der Waals surface area contributed by atoms with Crippen LogP contribution in [-0.2, 0) is 28.6 Å². The van der Waals surface area contributed by atoms with Crippen molar-refractivity contribution in [3.63, 3.8) is 0 Å². The molecule has 3 aromatic carbocycles. The maximum atomic E-state index is 14.4. The summed E-state index contributed by atoms with van der Waals surface area (Å²) in [5.41, 5.74) is -1.40. The molecule has 7 rings (SSSR count). The molecule has 26 heteroatoms. The highest BCUT2D eigenvalue weighted by Crippen LogP contribution is 2.42. The highest BCUT2D eigenvalue weighted by atomic mass is 16.7. The number of carbonyl (C=O) groups excluding carboxylic acids is 1. The van der Waals surface area contributed by atoms with Gasteiger partial charge < -0.3 is 109 Å². The Balaban J connectivity index is 1.34. The summed E-state index contributed by atoms with van der Waals surface area (Å²) in [4.78, 5) is 51.5. The third-order valence-electron chi connectivity index (χ3n) is 11.3. The van der Waals surface area contributed by atoms with Crippen molar-refractivity contribution < 1.29 is 123 Å². The van der Waals surface area contributed by atoms with Crippen molar-refractivity contribution in [3.8, 4) is 45.8 Å². The lowest BCUT2D eigenvalue weighted by atomic mass is 9.89. The van der Waals surface area contributed by atoms with Crippen LogP contribution < -0.4 is 24.4 Å². The molecule has 4 aromatic rings. The minimum absolute atomic E-state index is 0.0253. The van der Waals surface area contributed by atoms with E-state index in [-0.39, 0.29) is 22.6 Å². The quantitative estimate of drug-likeness (QED) is 0.0540. The van der Waals surface area contributed by atoms with Gasteiger partial charge in [-0.3, -0.25) is 9.59 Å². The molecule has 3 fully saturated rings. The Labute approximate surface area is 385 Å². The molecule has 0 bridgehead atoms. The topological polar surface area (TPSA) is 429 Å². The fourth-order valence-electron chi connectivity index (χ4n) is 7.58. The van der Waals surface area contributed by atoms with Crippen LogP contribution in [0.2, 0.25) is 0 Å². The monoisotopic (exact) mass is 976 g/mol. The fourth-order valence-corrected chi connectivity index (χ4v) is 7.58. The first-order valence-electron chi connectivity index (χ1n) is 20.4. The molecule has 15 atom stereocenters. The third-order valence-corrected chi connectivity index (χ3v) is 11.3. The molecule has 1 aromatic heterocycles. The maximum Gasteiger partial charge on any atom is 0.335 e. The molecule has 3 aliphatic rings. The Kier molecular flexibility index (Phi) is 14.5. The minimum Gasteiger partial charge on any atom is -0.507 e. The predicted molar refractivity (Wildman–Crippen MR) is 222 cm³/mol. The number of hydrogen-bond donors (Lipinski definition) is 14. The van der Waals surface area contributed by atoms with Crippen LogP contribution in [0.5, 0.6) is 34.5 Å². The molecule has 14 N–H and O–H groups in total. The van der Waals surface area contributed by atoms with Gasteiger partial charge in [-0.05, 0) is 42.0 Å². The summed E-state index contributed by atoms with van der Waals surface area (Å²) in [6.45, 7) is -1.10. The van der Waals surface area contributed by atoms with Gasteiger partial charge in [0.15, 0.2) is 46.7 Å². The van der Waals surface area contributed by atoms with Crippen LogP contribution in [0, 0.1) is 0 Å². The van der Waals surface area contributed by atoms with E-state index in [0.29, 0.717) is 0 Å². The Bertz CT molecular complexity index is 2670. The van der Waals surface area contributed by atoms with Gasteiger partial charge in [0.25, 0.3) is 0 Å². The lowest BCUT2D eigenvalue weighted by Crippen LogP contribution is -2.70. The maximum absolute atomic E-state index is 14.4. The van der Waals surface area contributed by atoms with Crippen LogP contribution >= 0.6 is 0 Å². The molecular formula is C43H44O26. The number of hydrogen-bond acceptors (Lipinski definition) is 24. The number of aliphatic carboxylic acids is 2. The molecule has 3 aliphatic heterocycles. The van der Waals surface area contributed by atoms with Gasteiger partial charge in [0.2, 0.25) is 18.4 Å². The smallest absolute Gasteiger partial charge is 0.335 e. The zero-order chi connectivity index (χ0) is 50.4. The number of ketones is 1. The van der Waals surface area contributed by atoms with E-state index in [4.69, 9.17) is 37.6 Å². The lowest BCUT2D eigenvalue weighted by Gasteiger charge is -2.46. The summed E-state index contributed by atoms with van der Waals surface area (Å²) in [6, 6.07) is 9.59. The van der Waals surface area contributed by atoms with E-state index in [2.05, 4.69) is 0 Å². The average molecular weight is 977 g/mol. The van der Waals surface area contributed by atoms with Crippen molar-refractivity contribution >= 4 is 34.8 Å². The summed E-state index contributed by atoms with van der Waals surface area (Å²) >= 11 is 0. The van der Waals surface area contributed by atoms with E-state index >= 15 is 0 Å². The van der Waals surface area contributed by atoms with Gasteiger partial charge >= 0.3 is 17.7 Å². The number of fused-ring (bicyclic) bond motifs is 1. The van der Waals surface area contributed by atoms with E-state index in [1.165, 1.54) is 25.3 Å². The molecule has 69 heavy (non-hydrogen) atoms. The molecule has 4 heterocycles. The molecule has 15 unspecified atom stereocenters. The van der Waals surface area contributed by atoms with Crippen molar-refractivity contribution in [2.75, 3.05) is 13.7 Å². The number of phenols is 2. The Morgan fingerprint density at radius 3 is 1.90 bits per heavy atom. The van der Waals surface area contributed by atoms with E-state index in [1.54, 1.807) is 0 Å². The Morgan fingerprint density at radius 1 is 0.681 bits per heavy atom. The van der Waals surface area contributed by atoms with Gasteiger partial charge in [-0.1, -0.05) is 12.1 Å². The van der Waals surface area contributed by atoms with Crippen LogP contribution in [0.1, 0.15) is 5.56 Å². The van der Waals surface area contributed by atoms with Crippen molar-refractivity contribution in [1.82, 2.24) is 0 Å². The van der Waals surface area contributed by atoms with Crippen LogP contribution in [0.15, 0.2) is 69.9 Å². The van der Waals surface area contributed by atoms with Gasteiger partial charge in [-0.25, -0.2) is 9.59 Å². The van der Waals surface area contributed by atoms with Gasteiger partial charge in [0.1, 0.15) is 83.2 Å². The number of methoxy groups -OCH3 is 1.